The summed E-state index contributed by atoms with van der Waals surface area (Å²) < 4.78 is 3.57. The van der Waals surface area contributed by atoms with Gasteiger partial charge in [0.25, 0.3) is 5.91 Å². The van der Waals surface area contributed by atoms with Crippen LogP contribution in [0.2, 0.25) is 0 Å². The number of carboxylic acid groups (broad SMARTS) is 1. The third-order valence-corrected chi connectivity index (χ3v) is 2.77. The van der Waals surface area contributed by atoms with E-state index >= 15 is 0 Å². The zero-order chi connectivity index (χ0) is 10.7. The number of carboxylic acids is 1. The molecule has 0 unspecified atom stereocenters. The number of amides is 1. The van der Waals surface area contributed by atoms with Gasteiger partial charge >= 0.3 is 5.97 Å². The van der Waals surface area contributed by atoms with E-state index in [0.29, 0.717) is 13.0 Å². The molecule has 1 aliphatic rings. The first-order valence-electron chi connectivity index (χ1n) is 4.27. The molecule has 5 nitrogen and oxygen atoms in total. The van der Waals surface area contributed by atoms with Crippen molar-refractivity contribution < 1.29 is 14.7 Å². The number of carbonyl (C=O) groups is 2. The minimum absolute atomic E-state index is 0.276. The number of hydrogen-bond donors (Lipinski definition) is 1. The Morgan fingerprint density at radius 1 is 1.57 bits per heavy atom. The van der Waals surface area contributed by atoms with Crippen LogP contribution in [0.1, 0.15) is 19.8 Å². The lowest BCUT2D eigenvalue weighted by atomic mass is 10.2. The fourth-order valence-corrected chi connectivity index (χ4v) is 1.66. The topological polar surface area (TPSA) is 70.0 Å². The van der Waals surface area contributed by atoms with Gasteiger partial charge in [0.15, 0.2) is 0 Å². The average Bonchev–Trinajstić information content (AvgIpc) is 2.63. The van der Waals surface area contributed by atoms with Crippen LogP contribution in [0.3, 0.4) is 0 Å². The largest absolute Gasteiger partial charge is 0.480 e. The quantitative estimate of drug-likeness (QED) is 0.750. The fraction of sp³-hybridized carbons (Fsp3) is 0.625. The van der Waals surface area contributed by atoms with Crippen molar-refractivity contribution in [1.29, 1.82) is 0 Å². The van der Waals surface area contributed by atoms with Crippen molar-refractivity contribution in [3.8, 4) is 0 Å². The first-order valence-corrected chi connectivity index (χ1v) is 4.98. The van der Waals surface area contributed by atoms with E-state index in [0.717, 1.165) is 6.42 Å². The van der Waals surface area contributed by atoms with Crippen molar-refractivity contribution in [3.63, 3.8) is 0 Å². The Kier molecular flexibility index (Phi) is 3.62. The third-order valence-electron chi connectivity index (χ3n) is 2.24. The predicted molar refractivity (Wildman–Crippen MR) is 54.4 cm³/mol. The second-order valence-electron chi connectivity index (χ2n) is 3.16. The van der Waals surface area contributed by atoms with E-state index in [1.807, 2.05) is 0 Å². The van der Waals surface area contributed by atoms with Gasteiger partial charge in [-0.25, -0.2) is 8.81 Å². The van der Waals surface area contributed by atoms with Gasteiger partial charge in [-0.2, -0.15) is 0 Å². The minimum atomic E-state index is -0.946. The van der Waals surface area contributed by atoms with Crippen LogP contribution in [-0.2, 0) is 9.59 Å². The molecule has 1 rings (SSSR count). The van der Waals surface area contributed by atoms with E-state index in [9.17, 15) is 9.59 Å². The van der Waals surface area contributed by atoms with Gasteiger partial charge in [-0.1, -0.05) is 0 Å². The van der Waals surface area contributed by atoms with Gasteiger partial charge in [0.05, 0.1) is 16.1 Å². The van der Waals surface area contributed by atoms with Crippen molar-refractivity contribution in [2.24, 2.45) is 4.02 Å². The van der Waals surface area contributed by atoms with E-state index in [1.165, 1.54) is 4.90 Å². The molecule has 14 heavy (non-hydrogen) atoms. The fourth-order valence-electron chi connectivity index (χ4n) is 1.51. The zero-order valence-corrected chi connectivity index (χ0v) is 9.32. The van der Waals surface area contributed by atoms with Gasteiger partial charge in [0, 0.05) is 6.54 Å². The van der Waals surface area contributed by atoms with Crippen LogP contribution in [0.5, 0.6) is 0 Å². The van der Waals surface area contributed by atoms with Crippen molar-refractivity contribution in [2.45, 2.75) is 25.8 Å². The molecule has 0 radical (unpaired) electrons. The van der Waals surface area contributed by atoms with Gasteiger partial charge in [-0.05, 0) is 19.8 Å². The van der Waals surface area contributed by atoms with Gasteiger partial charge in [0.2, 0.25) is 0 Å². The molecule has 0 aromatic heterocycles. The highest BCUT2D eigenvalue weighted by Gasteiger charge is 2.34. The van der Waals surface area contributed by atoms with E-state index in [2.05, 4.69) is 20.2 Å². The van der Waals surface area contributed by atoms with Crippen LogP contribution < -0.4 is 0 Å². The summed E-state index contributed by atoms with van der Waals surface area (Å²) in [5.41, 5.74) is 0.276. The molecule has 0 aliphatic carbocycles. The normalized spacial score (nSPS) is 22.6. The van der Waals surface area contributed by atoms with Crippen LogP contribution in [-0.4, -0.2) is 40.2 Å². The number of carbonyl (C=O) groups excluding carboxylic acids is 1. The Morgan fingerprint density at radius 2 is 2.21 bits per heavy atom. The maximum atomic E-state index is 11.6. The predicted octanol–water partition coefficient (Wildman–Crippen LogP) is 0.833. The number of rotatable bonds is 2. The highest BCUT2D eigenvalue weighted by atomic mass is 79.9. The van der Waals surface area contributed by atoms with Crippen LogP contribution in [0, 0.1) is 0 Å². The highest BCUT2D eigenvalue weighted by Crippen LogP contribution is 2.17. The molecule has 6 heteroatoms. The van der Waals surface area contributed by atoms with E-state index < -0.39 is 12.0 Å². The molecule has 1 saturated heterocycles. The number of likely N-dealkylation sites (tertiary alicyclic amines) is 1. The summed E-state index contributed by atoms with van der Waals surface area (Å²) in [6, 6.07) is -0.688. The Hall–Kier alpha value is -0.910. The maximum absolute atomic E-state index is 11.6. The standard InChI is InChI=1S/C8H11BrN2O3/c1-5(10-9)7(12)11-4-2-3-6(11)8(13)14/h6H,2-4H2,1H3,(H,13,14)/b10-5+/t6-/m0/s1. The summed E-state index contributed by atoms with van der Waals surface area (Å²) in [6.07, 6.45) is 1.26. The molecule has 1 heterocycles. The second kappa shape index (κ2) is 4.54. The molecular formula is C8H11BrN2O3. The van der Waals surface area contributed by atoms with Crippen LogP contribution in [0.4, 0.5) is 0 Å². The summed E-state index contributed by atoms with van der Waals surface area (Å²) in [7, 11) is 0. The SMILES string of the molecule is C/C(=N\Br)C(=O)N1CCC[C@H]1C(=O)O. The Balaban J connectivity index is 2.77. The van der Waals surface area contributed by atoms with Crippen molar-refractivity contribution in [1.82, 2.24) is 4.90 Å². The molecule has 78 valence electrons. The number of halogens is 1. The lowest BCUT2D eigenvalue weighted by molar-refractivity contribution is -0.146. The van der Waals surface area contributed by atoms with E-state index in [-0.39, 0.29) is 11.6 Å². The van der Waals surface area contributed by atoms with E-state index in [4.69, 9.17) is 5.11 Å². The zero-order valence-electron chi connectivity index (χ0n) is 7.73. The Bertz CT molecular complexity index is 290. The molecule has 0 spiro atoms. The van der Waals surface area contributed by atoms with Gasteiger partial charge in [0.1, 0.15) is 11.8 Å². The summed E-state index contributed by atoms with van der Waals surface area (Å²) in [5, 5.41) is 8.84. The monoisotopic (exact) mass is 262 g/mol. The molecule has 1 N–H and O–H groups in total. The van der Waals surface area contributed by atoms with Gasteiger partial charge < -0.3 is 10.0 Å². The molecule has 1 fully saturated rings. The van der Waals surface area contributed by atoms with Crippen molar-refractivity contribution >= 4 is 33.7 Å². The summed E-state index contributed by atoms with van der Waals surface area (Å²) >= 11 is 2.81. The molecular weight excluding hydrogens is 252 g/mol. The van der Waals surface area contributed by atoms with E-state index in [1.54, 1.807) is 6.92 Å². The Morgan fingerprint density at radius 3 is 2.71 bits per heavy atom. The van der Waals surface area contributed by atoms with Crippen LogP contribution >= 0.6 is 16.1 Å². The summed E-state index contributed by atoms with van der Waals surface area (Å²) in [5.74, 6) is -1.26. The number of aliphatic carboxylic acids is 1. The Labute approximate surface area is 90.1 Å². The smallest absolute Gasteiger partial charge is 0.326 e. The first-order chi connectivity index (χ1) is 6.57. The van der Waals surface area contributed by atoms with Crippen LogP contribution in [0.15, 0.2) is 4.02 Å². The minimum Gasteiger partial charge on any atom is -0.480 e. The van der Waals surface area contributed by atoms with Gasteiger partial charge in [-0.3, -0.25) is 4.79 Å². The summed E-state index contributed by atoms with van der Waals surface area (Å²) in [6.45, 7) is 2.05. The molecule has 1 aliphatic heterocycles. The molecule has 0 aromatic rings. The van der Waals surface area contributed by atoms with Crippen molar-refractivity contribution in [3.05, 3.63) is 0 Å². The molecule has 0 bridgehead atoms. The lowest BCUT2D eigenvalue weighted by Crippen LogP contribution is -2.43. The average molecular weight is 263 g/mol. The number of hydrogen-bond acceptors (Lipinski definition) is 3. The van der Waals surface area contributed by atoms with Crippen LogP contribution in [0.25, 0.3) is 0 Å². The molecule has 1 atom stereocenters. The number of nitrogens with zero attached hydrogens (tertiary/aromatic N) is 2. The highest BCUT2D eigenvalue weighted by molar-refractivity contribution is 9.08. The first kappa shape index (κ1) is 11.2. The molecule has 1 amide bonds. The van der Waals surface area contributed by atoms with Gasteiger partial charge in [-0.15, -0.1) is 0 Å². The molecule has 0 aromatic carbocycles. The molecule has 0 saturated carbocycles. The maximum Gasteiger partial charge on any atom is 0.326 e. The second-order valence-corrected chi connectivity index (χ2v) is 3.52. The van der Waals surface area contributed by atoms with Crippen molar-refractivity contribution in [2.75, 3.05) is 6.54 Å². The summed E-state index contributed by atoms with van der Waals surface area (Å²) in [4.78, 5) is 23.7. The lowest BCUT2D eigenvalue weighted by Gasteiger charge is -2.20. The third kappa shape index (κ3) is 2.12.